The van der Waals surface area contributed by atoms with E-state index in [0.717, 1.165) is 0 Å². The first-order valence-electron chi connectivity index (χ1n) is 4.03. The Morgan fingerprint density at radius 2 is 1.93 bits per heavy atom. The van der Waals surface area contributed by atoms with Gasteiger partial charge in [0.25, 0.3) is 0 Å². The summed E-state index contributed by atoms with van der Waals surface area (Å²) in [5.41, 5.74) is 0. The molecule has 2 nitrogen and oxygen atoms in total. The monoisotopic (exact) mass is 216 g/mol. The van der Waals surface area contributed by atoms with Crippen molar-refractivity contribution in [3.63, 3.8) is 0 Å². The number of methoxy groups -OCH3 is 1. The van der Waals surface area contributed by atoms with Gasteiger partial charge in [0.1, 0.15) is 0 Å². The minimum Gasteiger partial charge on any atom is -0.385 e. The Morgan fingerprint density at radius 3 is 2.29 bits per heavy atom. The van der Waals surface area contributed by atoms with Crippen LogP contribution in [0.3, 0.4) is 0 Å². The van der Waals surface area contributed by atoms with Gasteiger partial charge in [-0.25, -0.2) is 8.78 Å². The largest absolute Gasteiger partial charge is 0.385 e. The summed E-state index contributed by atoms with van der Waals surface area (Å²) in [5.74, 6) is -7.41. The Bertz CT molecular complexity index is 194. The zero-order valence-corrected chi connectivity index (χ0v) is 7.90. The van der Waals surface area contributed by atoms with Gasteiger partial charge in [0, 0.05) is 19.6 Å². The fourth-order valence-electron chi connectivity index (χ4n) is 0.862. The lowest BCUT2D eigenvalue weighted by Crippen LogP contribution is -2.40. The summed E-state index contributed by atoms with van der Waals surface area (Å²) in [4.78, 5) is 10.8. The molecule has 0 spiro atoms. The van der Waals surface area contributed by atoms with E-state index in [2.05, 4.69) is 4.74 Å². The number of hydrogen-bond donors (Lipinski definition) is 0. The van der Waals surface area contributed by atoms with Gasteiger partial charge in [0.2, 0.25) is 5.78 Å². The van der Waals surface area contributed by atoms with Crippen LogP contribution in [-0.2, 0) is 9.53 Å². The maximum Gasteiger partial charge on any atom is 0.364 e. The number of rotatable bonds is 6. The molecule has 0 aliphatic heterocycles. The third kappa shape index (κ3) is 3.25. The number of ketones is 1. The molecule has 0 aliphatic rings. The summed E-state index contributed by atoms with van der Waals surface area (Å²) in [6.45, 7) is 1.27. The number of carbonyl (C=O) groups is 1. The molecule has 0 amide bonds. The summed E-state index contributed by atoms with van der Waals surface area (Å²) < 4.78 is 53.0. The second kappa shape index (κ2) is 5.29. The summed E-state index contributed by atoms with van der Waals surface area (Å²) >= 11 is 0. The van der Waals surface area contributed by atoms with E-state index in [0.29, 0.717) is 0 Å². The lowest BCUT2D eigenvalue weighted by molar-refractivity contribution is -0.171. The zero-order valence-electron chi connectivity index (χ0n) is 7.90. The summed E-state index contributed by atoms with van der Waals surface area (Å²) in [6, 6.07) is 0. The van der Waals surface area contributed by atoms with Crippen molar-refractivity contribution in [2.75, 3.05) is 13.7 Å². The second-order valence-electron chi connectivity index (χ2n) is 2.97. The molecule has 0 fully saturated rings. The van der Waals surface area contributed by atoms with E-state index >= 15 is 0 Å². The van der Waals surface area contributed by atoms with Crippen molar-refractivity contribution in [3.05, 3.63) is 0 Å². The molecule has 0 aromatic rings. The van der Waals surface area contributed by atoms with E-state index in [1.165, 1.54) is 14.0 Å². The highest BCUT2D eigenvalue weighted by Gasteiger charge is 2.49. The molecule has 0 radical (unpaired) electrons. The maximum atomic E-state index is 12.5. The van der Waals surface area contributed by atoms with Gasteiger partial charge in [-0.3, -0.25) is 4.79 Å². The number of Topliss-reactive ketones (excluding diaryl/α,β-unsaturated/α-hetero) is 1. The number of alkyl halides is 4. The van der Waals surface area contributed by atoms with Crippen LogP contribution in [0, 0.1) is 5.92 Å². The fraction of sp³-hybridized carbons (Fsp3) is 0.875. The van der Waals surface area contributed by atoms with E-state index < -0.39 is 24.0 Å². The lowest BCUT2D eigenvalue weighted by Gasteiger charge is -2.18. The van der Waals surface area contributed by atoms with Gasteiger partial charge in [-0.05, 0) is 6.42 Å². The van der Waals surface area contributed by atoms with Crippen LogP contribution in [0.1, 0.15) is 13.3 Å². The zero-order chi connectivity index (χ0) is 11.4. The highest BCUT2D eigenvalue weighted by Crippen LogP contribution is 2.27. The van der Waals surface area contributed by atoms with Crippen LogP contribution in [-0.4, -0.2) is 31.8 Å². The molecule has 0 aromatic carbocycles. The molecule has 0 N–H and O–H groups in total. The molecule has 14 heavy (non-hydrogen) atoms. The van der Waals surface area contributed by atoms with Gasteiger partial charge < -0.3 is 4.74 Å². The molecule has 1 unspecified atom stereocenters. The third-order valence-electron chi connectivity index (χ3n) is 1.81. The molecular weight excluding hydrogens is 204 g/mol. The summed E-state index contributed by atoms with van der Waals surface area (Å²) in [7, 11) is 1.34. The van der Waals surface area contributed by atoms with Crippen LogP contribution in [0.2, 0.25) is 0 Å². The average Bonchev–Trinajstić information content (AvgIpc) is 2.12. The molecule has 0 aliphatic carbocycles. The van der Waals surface area contributed by atoms with Gasteiger partial charge in [-0.1, -0.05) is 6.92 Å². The smallest absolute Gasteiger partial charge is 0.364 e. The molecule has 6 heteroatoms. The molecule has 0 rings (SSSR count). The van der Waals surface area contributed by atoms with Crippen LogP contribution in [0.25, 0.3) is 0 Å². The topological polar surface area (TPSA) is 26.3 Å². The predicted octanol–water partition coefficient (Wildman–Crippen LogP) is 2.13. The quantitative estimate of drug-likeness (QED) is 0.636. The van der Waals surface area contributed by atoms with Crippen LogP contribution in [0.15, 0.2) is 0 Å². The lowest BCUT2D eigenvalue weighted by atomic mass is 9.98. The highest BCUT2D eigenvalue weighted by molar-refractivity contribution is 5.87. The van der Waals surface area contributed by atoms with Crippen molar-refractivity contribution in [2.24, 2.45) is 5.92 Å². The normalized spacial score (nSPS) is 14.5. The van der Waals surface area contributed by atoms with E-state index in [-0.39, 0.29) is 13.0 Å². The van der Waals surface area contributed by atoms with Crippen molar-refractivity contribution >= 4 is 5.78 Å². The predicted molar refractivity (Wildman–Crippen MR) is 41.6 cm³/mol. The van der Waals surface area contributed by atoms with E-state index in [9.17, 15) is 22.4 Å². The van der Waals surface area contributed by atoms with Gasteiger partial charge in [0.05, 0.1) is 0 Å². The van der Waals surface area contributed by atoms with Crippen molar-refractivity contribution in [3.8, 4) is 0 Å². The molecular formula is C8H12F4O2. The molecule has 0 aromatic heterocycles. The Morgan fingerprint density at radius 1 is 1.43 bits per heavy atom. The first-order valence-corrected chi connectivity index (χ1v) is 4.03. The SMILES string of the molecule is COCCC(C)C(=O)C(F)(F)C(F)F. The van der Waals surface area contributed by atoms with E-state index in [1.807, 2.05) is 0 Å². The van der Waals surface area contributed by atoms with Gasteiger partial charge in [-0.15, -0.1) is 0 Å². The van der Waals surface area contributed by atoms with Crippen LogP contribution >= 0.6 is 0 Å². The molecule has 1 atom stereocenters. The number of hydrogen-bond acceptors (Lipinski definition) is 2. The van der Waals surface area contributed by atoms with Crippen molar-refractivity contribution in [2.45, 2.75) is 25.7 Å². The van der Waals surface area contributed by atoms with Gasteiger partial charge in [-0.2, -0.15) is 8.78 Å². The molecule has 0 heterocycles. The van der Waals surface area contributed by atoms with Crippen molar-refractivity contribution in [1.82, 2.24) is 0 Å². The molecule has 0 bridgehead atoms. The second-order valence-corrected chi connectivity index (χ2v) is 2.97. The Hall–Kier alpha value is -0.650. The standard InChI is InChI=1S/C8H12F4O2/c1-5(3-4-14-2)6(13)8(11,12)7(9)10/h5,7H,3-4H2,1-2H3. The first-order chi connectivity index (χ1) is 6.34. The van der Waals surface area contributed by atoms with Crippen LogP contribution in [0.4, 0.5) is 17.6 Å². The summed E-state index contributed by atoms with van der Waals surface area (Å²) in [6.07, 6.45) is -3.93. The Balaban J connectivity index is 4.30. The van der Waals surface area contributed by atoms with Crippen molar-refractivity contribution < 1.29 is 27.1 Å². The molecule has 0 saturated heterocycles. The van der Waals surface area contributed by atoms with Gasteiger partial charge in [0.15, 0.2) is 0 Å². The third-order valence-corrected chi connectivity index (χ3v) is 1.81. The Kier molecular flexibility index (Phi) is 5.04. The fourth-order valence-corrected chi connectivity index (χ4v) is 0.862. The minimum absolute atomic E-state index is 0.0116. The highest BCUT2D eigenvalue weighted by atomic mass is 19.3. The Labute approximate surface area is 79.2 Å². The van der Waals surface area contributed by atoms with E-state index in [4.69, 9.17) is 0 Å². The van der Waals surface area contributed by atoms with Crippen LogP contribution in [0.5, 0.6) is 0 Å². The van der Waals surface area contributed by atoms with E-state index in [1.54, 1.807) is 0 Å². The van der Waals surface area contributed by atoms with Crippen molar-refractivity contribution in [1.29, 1.82) is 0 Å². The van der Waals surface area contributed by atoms with Crippen LogP contribution < -0.4 is 0 Å². The maximum absolute atomic E-state index is 12.5. The number of ether oxygens (including phenoxy) is 1. The summed E-state index contributed by atoms with van der Waals surface area (Å²) in [5, 5.41) is 0. The molecule has 0 saturated carbocycles. The first kappa shape index (κ1) is 13.4. The van der Waals surface area contributed by atoms with Gasteiger partial charge >= 0.3 is 12.3 Å². The average molecular weight is 216 g/mol. The number of carbonyl (C=O) groups excluding carboxylic acids is 1. The molecule has 84 valence electrons. The number of halogens is 4. The minimum atomic E-state index is -4.55.